The van der Waals surface area contributed by atoms with Crippen molar-refractivity contribution in [2.45, 2.75) is 12.1 Å². The van der Waals surface area contributed by atoms with Crippen molar-refractivity contribution in [1.82, 2.24) is 9.88 Å². The number of carbonyl (C=O) groups excluding carboxylic acids is 1. The highest BCUT2D eigenvalue weighted by molar-refractivity contribution is 14.1. The summed E-state index contributed by atoms with van der Waals surface area (Å²) in [5, 5.41) is 23.6. The Morgan fingerprint density at radius 1 is 1.23 bits per heavy atom. The Morgan fingerprint density at radius 2 is 1.93 bits per heavy atom. The van der Waals surface area contributed by atoms with Crippen LogP contribution in [0.1, 0.15) is 15.9 Å². The first-order chi connectivity index (χ1) is 14.4. The standard InChI is InChI=1S/C21H18ClIN2O5/c22-13-3-1-12(2-4-13)7-24-20(29)16-8-25-18-15(19(16)28)5-14(23)6-17(18)30-11-21(25,9-26)10-27/h1-6,8,26-27H,7,9-11H2,(H,24,29). The molecule has 1 aliphatic heterocycles. The van der Waals surface area contributed by atoms with Crippen LogP contribution in [0, 0.1) is 3.57 Å². The Kier molecular flexibility index (Phi) is 5.75. The SMILES string of the molecule is O=C(NCc1ccc(Cl)cc1)c1cn2c3c(cc(I)cc3c1=O)OCC2(CO)CO. The van der Waals surface area contributed by atoms with Gasteiger partial charge >= 0.3 is 0 Å². The summed E-state index contributed by atoms with van der Waals surface area (Å²) >= 11 is 7.96. The van der Waals surface area contributed by atoms with Gasteiger partial charge in [-0.05, 0) is 52.4 Å². The predicted octanol–water partition coefficient (Wildman–Crippen LogP) is 2.26. The van der Waals surface area contributed by atoms with E-state index < -0.39 is 30.1 Å². The van der Waals surface area contributed by atoms with Crippen molar-refractivity contribution in [3.8, 4) is 5.75 Å². The summed E-state index contributed by atoms with van der Waals surface area (Å²) in [5.74, 6) is -0.0723. The lowest BCUT2D eigenvalue weighted by molar-refractivity contribution is 0.0182. The third-order valence-electron chi connectivity index (χ3n) is 5.24. The molecule has 0 unspecified atom stereocenters. The molecule has 0 spiro atoms. The first kappa shape index (κ1) is 21.1. The molecule has 30 heavy (non-hydrogen) atoms. The van der Waals surface area contributed by atoms with Crippen molar-refractivity contribution in [1.29, 1.82) is 0 Å². The summed E-state index contributed by atoms with van der Waals surface area (Å²) in [4.78, 5) is 26.0. The van der Waals surface area contributed by atoms with Crippen molar-refractivity contribution < 1.29 is 19.7 Å². The molecule has 7 nitrogen and oxygen atoms in total. The van der Waals surface area contributed by atoms with Crippen molar-refractivity contribution in [2.24, 2.45) is 0 Å². The highest BCUT2D eigenvalue weighted by atomic mass is 127. The number of hydrogen-bond acceptors (Lipinski definition) is 5. The van der Waals surface area contributed by atoms with Crippen molar-refractivity contribution in [2.75, 3.05) is 19.8 Å². The number of pyridine rings is 1. The highest BCUT2D eigenvalue weighted by Gasteiger charge is 2.38. The van der Waals surface area contributed by atoms with Gasteiger partial charge < -0.3 is 24.8 Å². The number of aliphatic hydroxyl groups is 2. The minimum atomic E-state index is -1.18. The third kappa shape index (κ3) is 3.58. The second kappa shape index (κ2) is 8.18. The molecule has 0 saturated carbocycles. The Labute approximate surface area is 190 Å². The summed E-state index contributed by atoms with van der Waals surface area (Å²) in [7, 11) is 0. The number of halogens is 2. The van der Waals surface area contributed by atoms with E-state index >= 15 is 0 Å². The first-order valence-corrected chi connectivity index (χ1v) is 10.6. The van der Waals surface area contributed by atoms with Crippen LogP contribution in [-0.4, -0.2) is 40.5 Å². The number of nitrogens with one attached hydrogen (secondary N) is 1. The van der Waals surface area contributed by atoms with E-state index in [4.69, 9.17) is 16.3 Å². The largest absolute Gasteiger partial charge is 0.489 e. The Hall–Kier alpha value is -2.14. The zero-order valence-electron chi connectivity index (χ0n) is 15.7. The molecule has 1 amide bonds. The first-order valence-electron chi connectivity index (χ1n) is 9.15. The van der Waals surface area contributed by atoms with Crippen LogP contribution in [0.4, 0.5) is 0 Å². The molecule has 3 aromatic rings. The Morgan fingerprint density at radius 3 is 2.60 bits per heavy atom. The number of ether oxygens (including phenoxy) is 1. The molecule has 2 heterocycles. The highest BCUT2D eigenvalue weighted by Crippen LogP contribution is 2.35. The molecule has 0 aliphatic carbocycles. The molecule has 0 saturated heterocycles. The molecule has 2 aromatic carbocycles. The molecule has 0 atom stereocenters. The molecule has 156 valence electrons. The van der Waals surface area contributed by atoms with E-state index in [0.29, 0.717) is 21.7 Å². The van der Waals surface area contributed by atoms with E-state index in [1.807, 2.05) is 0 Å². The molecule has 0 bridgehead atoms. The third-order valence-corrected chi connectivity index (χ3v) is 6.11. The fraction of sp³-hybridized carbons (Fsp3) is 0.238. The molecular formula is C21H18ClIN2O5. The minimum absolute atomic E-state index is 0.0108. The lowest BCUT2D eigenvalue weighted by Gasteiger charge is -2.38. The molecule has 0 fully saturated rings. The van der Waals surface area contributed by atoms with Gasteiger partial charge in [0.25, 0.3) is 5.91 Å². The second-order valence-corrected chi connectivity index (χ2v) is 8.86. The maximum absolute atomic E-state index is 13.1. The summed E-state index contributed by atoms with van der Waals surface area (Å²) in [5.41, 5.74) is -0.413. The van der Waals surface area contributed by atoms with E-state index in [-0.39, 0.29) is 18.7 Å². The van der Waals surface area contributed by atoms with Crippen LogP contribution in [-0.2, 0) is 12.1 Å². The van der Waals surface area contributed by atoms with Crippen LogP contribution in [0.5, 0.6) is 5.75 Å². The summed E-state index contributed by atoms with van der Waals surface area (Å²) in [6.45, 7) is -0.604. The number of carbonyl (C=O) groups is 1. The number of nitrogens with zero attached hydrogens (tertiary/aromatic N) is 1. The van der Waals surface area contributed by atoms with Gasteiger partial charge in [0.2, 0.25) is 5.43 Å². The number of aromatic nitrogens is 1. The molecule has 0 radical (unpaired) electrons. The van der Waals surface area contributed by atoms with Gasteiger partial charge in [-0.3, -0.25) is 9.59 Å². The summed E-state index contributed by atoms with van der Waals surface area (Å²) < 4.78 is 8.12. The fourth-order valence-corrected chi connectivity index (χ4v) is 4.21. The zero-order chi connectivity index (χ0) is 21.5. The number of hydrogen-bond donors (Lipinski definition) is 3. The van der Waals surface area contributed by atoms with Crippen LogP contribution in [0.2, 0.25) is 5.02 Å². The van der Waals surface area contributed by atoms with Gasteiger partial charge in [0.05, 0.1) is 24.1 Å². The van der Waals surface area contributed by atoms with Crippen molar-refractivity contribution in [3.05, 3.63) is 72.5 Å². The molecule has 1 aromatic heterocycles. The summed E-state index contributed by atoms with van der Waals surface area (Å²) in [6, 6.07) is 10.5. The number of rotatable bonds is 5. The lowest BCUT2D eigenvalue weighted by atomic mass is 9.98. The quantitative estimate of drug-likeness (QED) is 0.431. The van der Waals surface area contributed by atoms with Gasteiger partial charge in [-0.2, -0.15) is 0 Å². The van der Waals surface area contributed by atoms with Crippen LogP contribution < -0.4 is 15.5 Å². The zero-order valence-corrected chi connectivity index (χ0v) is 18.6. The lowest BCUT2D eigenvalue weighted by Crippen LogP contribution is -2.49. The van der Waals surface area contributed by atoms with Crippen LogP contribution in [0.25, 0.3) is 10.9 Å². The Balaban J connectivity index is 1.81. The van der Waals surface area contributed by atoms with Crippen molar-refractivity contribution >= 4 is 51.0 Å². The average molecular weight is 541 g/mol. The average Bonchev–Trinajstić information content (AvgIpc) is 2.75. The molecular weight excluding hydrogens is 523 g/mol. The molecule has 4 rings (SSSR count). The topological polar surface area (TPSA) is 101 Å². The van der Waals surface area contributed by atoms with Gasteiger partial charge in [-0.25, -0.2) is 0 Å². The number of aliphatic hydroxyl groups excluding tert-OH is 2. The smallest absolute Gasteiger partial charge is 0.257 e. The van der Waals surface area contributed by atoms with E-state index in [9.17, 15) is 19.8 Å². The van der Waals surface area contributed by atoms with E-state index in [1.165, 1.54) is 6.20 Å². The van der Waals surface area contributed by atoms with Gasteiger partial charge in [-0.1, -0.05) is 23.7 Å². The normalized spacial score (nSPS) is 14.4. The molecule has 1 aliphatic rings. The predicted molar refractivity (Wildman–Crippen MR) is 121 cm³/mol. The maximum Gasteiger partial charge on any atom is 0.257 e. The van der Waals surface area contributed by atoms with Gasteiger partial charge in [0.15, 0.2) is 0 Å². The minimum Gasteiger partial charge on any atom is -0.489 e. The van der Waals surface area contributed by atoms with Crippen molar-refractivity contribution in [3.63, 3.8) is 0 Å². The maximum atomic E-state index is 13.1. The van der Waals surface area contributed by atoms with Crippen LogP contribution in [0.15, 0.2) is 47.4 Å². The van der Waals surface area contributed by atoms with Crippen LogP contribution in [0.3, 0.4) is 0 Å². The molecule has 3 N–H and O–H groups in total. The molecule has 9 heteroatoms. The van der Waals surface area contributed by atoms with Gasteiger partial charge in [0, 0.05) is 21.3 Å². The summed E-state index contributed by atoms with van der Waals surface area (Å²) in [6.07, 6.45) is 1.40. The van der Waals surface area contributed by atoms with E-state index in [1.54, 1.807) is 41.0 Å². The monoisotopic (exact) mass is 540 g/mol. The number of benzene rings is 2. The van der Waals surface area contributed by atoms with Gasteiger partial charge in [-0.15, -0.1) is 0 Å². The fourth-order valence-electron chi connectivity index (χ4n) is 3.49. The second-order valence-electron chi connectivity index (χ2n) is 7.18. The van der Waals surface area contributed by atoms with Gasteiger partial charge in [0.1, 0.15) is 23.5 Å². The van der Waals surface area contributed by atoms with E-state index in [0.717, 1.165) is 9.13 Å². The van der Waals surface area contributed by atoms with E-state index in [2.05, 4.69) is 27.9 Å². The van der Waals surface area contributed by atoms with Crippen LogP contribution >= 0.6 is 34.2 Å². The Bertz CT molecular complexity index is 1190. The number of amides is 1.